The highest BCUT2D eigenvalue weighted by Crippen LogP contribution is 2.31. The van der Waals surface area contributed by atoms with Crippen molar-refractivity contribution in [1.82, 2.24) is 9.58 Å². The second-order valence-corrected chi connectivity index (χ2v) is 9.17. The summed E-state index contributed by atoms with van der Waals surface area (Å²) in [6.45, 7) is 4.21. The minimum absolute atomic E-state index is 0.262. The largest absolute Gasteiger partial charge is 0.482 e. The molecule has 0 spiro atoms. The van der Waals surface area contributed by atoms with Crippen LogP contribution < -0.4 is 15.2 Å². The number of pyridine rings is 1. The van der Waals surface area contributed by atoms with Crippen LogP contribution in [0, 0.1) is 0 Å². The molecule has 1 aromatic carbocycles. The number of carbonyl (C=O) groups is 3. The lowest BCUT2D eigenvalue weighted by Crippen LogP contribution is -2.61. The third-order valence-corrected chi connectivity index (χ3v) is 5.33. The van der Waals surface area contributed by atoms with Gasteiger partial charge < -0.3 is 19.1 Å². The zero-order valence-corrected chi connectivity index (χ0v) is 20.8. The molecule has 0 aliphatic carbocycles. The molecule has 0 saturated heterocycles. The van der Waals surface area contributed by atoms with Gasteiger partial charge in [-0.3, -0.25) is 9.59 Å². The molecule has 1 aromatic heterocycles. The van der Waals surface area contributed by atoms with Crippen molar-refractivity contribution in [3.8, 4) is 5.75 Å². The summed E-state index contributed by atoms with van der Waals surface area (Å²) in [5.74, 6) is -3.06. The standard InChI is InChI=1S/C24H26F3N3O7/c1-14(24(25,26)27)28-13-30(22(34)37-23(2,3)4)29-11-16(21(33)35-5)18(31)19(17(29)20(28)32)36-12-15-9-7-6-8-10-15/h6-11,14H,12-13H2,1-5H3/t14-/m1/s1. The fraction of sp³-hybridized carbons (Fsp3) is 0.417. The number of benzene rings is 1. The highest BCUT2D eigenvalue weighted by Gasteiger charge is 2.48. The van der Waals surface area contributed by atoms with Crippen LogP contribution in [0.25, 0.3) is 0 Å². The molecule has 0 N–H and O–H groups in total. The van der Waals surface area contributed by atoms with Crippen LogP contribution in [0.2, 0.25) is 0 Å². The van der Waals surface area contributed by atoms with E-state index in [2.05, 4.69) is 4.74 Å². The van der Waals surface area contributed by atoms with E-state index < -0.39 is 64.9 Å². The number of aromatic nitrogens is 1. The first-order valence-electron chi connectivity index (χ1n) is 11.1. The van der Waals surface area contributed by atoms with Crippen LogP contribution in [0.3, 0.4) is 0 Å². The molecular weight excluding hydrogens is 499 g/mol. The number of halogens is 3. The highest BCUT2D eigenvalue weighted by atomic mass is 19.4. The molecular formula is C24H26F3N3O7. The van der Waals surface area contributed by atoms with Gasteiger partial charge in [0.2, 0.25) is 5.43 Å². The van der Waals surface area contributed by atoms with Crippen molar-refractivity contribution in [2.75, 3.05) is 18.8 Å². The number of carbonyl (C=O) groups excluding carboxylic acids is 3. The molecule has 10 nitrogen and oxygen atoms in total. The predicted molar refractivity (Wildman–Crippen MR) is 124 cm³/mol. The number of fused-ring (bicyclic) bond motifs is 1. The number of nitrogens with zero attached hydrogens (tertiary/aromatic N) is 3. The third-order valence-electron chi connectivity index (χ3n) is 5.33. The fourth-order valence-corrected chi connectivity index (χ4v) is 3.43. The quantitative estimate of drug-likeness (QED) is 0.551. The van der Waals surface area contributed by atoms with Gasteiger partial charge in [0.05, 0.1) is 7.11 Å². The van der Waals surface area contributed by atoms with Gasteiger partial charge in [-0.15, -0.1) is 0 Å². The molecule has 2 amide bonds. The first-order chi connectivity index (χ1) is 17.2. The van der Waals surface area contributed by atoms with Crippen LogP contribution in [-0.2, 0) is 16.1 Å². The van der Waals surface area contributed by atoms with Crippen LogP contribution in [0.15, 0.2) is 41.3 Å². The monoisotopic (exact) mass is 525 g/mol. The van der Waals surface area contributed by atoms with Gasteiger partial charge in [-0.05, 0) is 33.3 Å². The van der Waals surface area contributed by atoms with E-state index in [9.17, 15) is 32.3 Å². The molecule has 3 rings (SSSR count). The molecule has 1 atom stereocenters. The van der Waals surface area contributed by atoms with Crippen molar-refractivity contribution >= 4 is 18.0 Å². The maximum absolute atomic E-state index is 13.7. The molecule has 1 aliphatic rings. The van der Waals surface area contributed by atoms with E-state index in [1.165, 1.54) is 20.8 Å². The van der Waals surface area contributed by atoms with Gasteiger partial charge in [0.15, 0.2) is 11.4 Å². The number of amides is 2. The number of hydrogen-bond acceptors (Lipinski definition) is 7. The van der Waals surface area contributed by atoms with Crippen molar-refractivity contribution in [3.05, 3.63) is 63.6 Å². The SMILES string of the molecule is COC(=O)c1cn2c(c(OCc3ccccc3)c1=O)C(=O)N([C@H](C)C(F)(F)F)CN2C(=O)OC(C)(C)C. The van der Waals surface area contributed by atoms with Crippen molar-refractivity contribution in [1.29, 1.82) is 0 Å². The van der Waals surface area contributed by atoms with Crippen molar-refractivity contribution < 1.29 is 41.8 Å². The summed E-state index contributed by atoms with van der Waals surface area (Å²) < 4.78 is 57.4. The Morgan fingerprint density at radius 2 is 1.70 bits per heavy atom. The summed E-state index contributed by atoms with van der Waals surface area (Å²) in [6, 6.07) is 6.08. The molecule has 13 heteroatoms. The van der Waals surface area contributed by atoms with Gasteiger partial charge >= 0.3 is 18.2 Å². The zero-order chi connectivity index (χ0) is 27.7. The Bertz CT molecular complexity index is 1250. The topological polar surface area (TPSA) is 107 Å². The highest BCUT2D eigenvalue weighted by molar-refractivity contribution is 6.00. The van der Waals surface area contributed by atoms with Crippen LogP contribution in [0.1, 0.15) is 54.1 Å². The Balaban J connectivity index is 2.26. The van der Waals surface area contributed by atoms with Gasteiger partial charge in [0.25, 0.3) is 5.91 Å². The first-order valence-corrected chi connectivity index (χ1v) is 11.1. The second kappa shape index (κ2) is 10.1. The number of rotatable bonds is 5. The molecule has 1 aliphatic heterocycles. The van der Waals surface area contributed by atoms with E-state index >= 15 is 0 Å². The minimum Gasteiger partial charge on any atom is -0.482 e. The number of ether oxygens (including phenoxy) is 3. The van der Waals surface area contributed by atoms with E-state index in [4.69, 9.17) is 9.47 Å². The van der Waals surface area contributed by atoms with Crippen molar-refractivity contribution in [2.24, 2.45) is 0 Å². The Morgan fingerprint density at radius 1 is 1.08 bits per heavy atom. The summed E-state index contributed by atoms with van der Waals surface area (Å²) >= 11 is 0. The average molecular weight is 525 g/mol. The number of methoxy groups -OCH3 is 1. The summed E-state index contributed by atoms with van der Waals surface area (Å²) in [6.07, 6.45) is -5.14. The van der Waals surface area contributed by atoms with Gasteiger partial charge in [0.1, 0.15) is 30.5 Å². The fourth-order valence-electron chi connectivity index (χ4n) is 3.43. The van der Waals surface area contributed by atoms with Gasteiger partial charge in [-0.25, -0.2) is 14.3 Å². The Labute approximate surface area is 210 Å². The lowest BCUT2D eigenvalue weighted by Gasteiger charge is -2.41. The molecule has 0 bridgehead atoms. The van der Waals surface area contributed by atoms with Crippen LogP contribution in [0.5, 0.6) is 5.75 Å². The molecule has 200 valence electrons. The van der Waals surface area contributed by atoms with E-state index in [-0.39, 0.29) is 6.61 Å². The average Bonchev–Trinajstić information content (AvgIpc) is 2.81. The molecule has 0 fully saturated rings. The molecule has 37 heavy (non-hydrogen) atoms. The summed E-state index contributed by atoms with van der Waals surface area (Å²) in [7, 11) is 1.01. The van der Waals surface area contributed by atoms with Crippen molar-refractivity contribution in [2.45, 2.75) is 52.1 Å². The minimum atomic E-state index is -4.85. The summed E-state index contributed by atoms with van der Waals surface area (Å²) in [5.41, 5.74) is -2.87. The van der Waals surface area contributed by atoms with E-state index in [1.807, 2.05) is 0 Å². The summed E-state index contributed by atoms with van der Waals surface area (Å²) in [5, 5.41) is 0.672. The predicted octanol–water partition coefficient (Wildman–Crippen LogP) is 3.45. The van der Waals surface area contributed by atoms with Gasteiger partial charge in [0, 0.05) is 6.20 Å². The van der Waals surface area contributed by atoms with Crippen LogP contribution in [-0.4, -0.2) is 59.1 Å². The first kappa shape index (κ1) is 27.6. The summed E-state index contributed by atoms with van der Waals surface area (Å²) in [4.78, 5) is 52.4. The normalized spacial score (nSPS) is 14.6. The molecule has 0 unspecified atom stereocenters. The molecule has 2 heterocycles. The maximum atomic E-state index is 13.7. The second-order valence-electron chi connectivity index (χ2n) is 9.17. The van der Waals surface area contributed by atoms with Crippen LogP contribution >= 0.6 is 0 Å². The van der Waals surface area contributed by atoms with Crippen LogP contribution in [0.4, 0.5) is 18.0 Å². The Kier molecular flexibility index (Phi) is 7.56. The zero-order valence-electron chi connectivity index (χ0n) is 20.8. The number of esters is 1. The molecule has 0 radical (unpaired) electrons. The smallest absolute Gasteiger partial charge is 0.431 e. The number of alkyl halides is 3. The number of hydrogen-bond donors (Lipinski definition) is 0. The van der Waals surface area contributed by atoms with Crippen molar-refractivity contribution in [3.63, 3.8) is 0 Å². The lowest BCUT2D eigenvalue weighted by atomic mass is 10.1. The maximum Gasteiger partial charge on any atom is 0.431 e. The third kappa shape index (κ3) is 5.87. The molecule has 0 saturated carbocycles. The van der Waals surface area contributed by atoms with E-state index in [0.29, 0.717) is 15.5 Å². The van der Waals surface area contributed by atoms with Gasteiger partial charge in [-0.1, -0.05) is 30.3 Å². The van der Waals surface area contributed by atoms with E-state index in [0.717, 1.165) is 24.9 Å². The van der Waals surface area contributed by atoms with E-state index in [1.54, 1.807) is 30.3 Å². The Hall–Kier alpha value is -4.03. The molecule has 2 aromatic rings. The Morgan fingerprint density at radius 3 is 2.24 bits per heavy atom. The lowest BCUT2D eigenvalue weighted by molar-refractivity contribution is -0.173. The van der Waals surface area contributed by atoms with Gasteiger partial charge in [-0.2, -0.15) is 18.2 Å².